The maximum absolute atomic E-state index is 13.0. The molecule has 1 fully saturated rings. The summed E-state index contributed by atoms with van der Waals surface area (Å²) < 4.78 is 18.6. The number of halogens is 2. The summed E-state index contributed by atoms with van der Waals surface area (Å²) in [5, 5.41) is 0.171. The van der Waals surface area contributed by atoms with Crippen LogP contribution in [0.4, 0.5) is 4.39 Å². The normalized spacial score (nSPS) is 24.0. The van der Waals surface area contributed by atoms with Crippen molar-refractivity contribution in [1.29, 1.82) is 0 Å². The maximum atomic E-state index is 13.0. The Labute approximate surface area is 119 Å². The highest BCUT2D eigenvalue weighted by Gasteiger charge is 2.30. The van der Waals surface area contributed by atoms with E-state index in [0.717, 1.165) is 37.9 Å². The van der Waals surface area contributed by atoms with Crippen LogP contribution in [0.5, 0.6) is 0 Å². The zero-order valence-corrected chi connectivity index (χ0v) is 12.0. The Morgan fingerprint density at radius 2 is 2.21 bits per heavy atom. The van der Waals surface area contributed by atoms with Crippen LogP contribution in [-0.4, -0.2) is 18.8 Å². The first-order valence-corrected chi connectivity index (χ1v) is 7.27. The minimum atomic E-state index is -0.377. The molecular weight excluding hydrogens is 265 g/mol. The highest BCUT2D eigenvalue weighted by atomic mass is 35.5. The summed E-state index contributed by atoms with van der Waals surface area (Å²) in [5.74, 6) is 0.292. The van der Waals surface area contributed by atoms with Gasteiger partial charge in [-0.15, -0.1) is 0 Å². The topological polar surface area (TPSA) is 35.2 Å². The molecule has 1 saturated carbocycles. The van der Waals surface area contributed by atoms with Crippen LogP contribution >= 0.6 is 11.6 Å². The number of nitrogens with two attached hydrogens (primary N) is 1. The van der Waals surface area contributed by atoms with Crippen molar-refractivity contribution < 1.29 is 9.13 Å². The van der Waals surface area contributed by atoms with Gasteiger partial charge in [0.2, 0.25) is 0 Å². The van der Waals surface area contributed by atoms with Gasteiger partial charge in [-0.2, -0.15) is 0 Å². The molecule has 2 rings (SSSR count). The van der Waals surface area contributed by atoms with Gasteiger partial charge in [0.05, 0.1) is 11.1 Å². The van der Waals surface area contributed by atoms with E-state index in [2.05, 4.69) is 0 Å². The van der Waals surface area contributed by atoms with Crippen molar-refractivity contribution >= 4 is 11.6 Å². The summed E-state index contributed by atoms with van der Waals surface area (Å²) >= 11 is 5.76. The molecule has 0 aliphatic heterocycles. The third-order valence-corrected chi connectivity index (χ3v) is 4.00. The zero-order valence-electron chi connectivity index (χ0n) is 11.2. The van der Waals surface area contributed by atoms with Gasteiger partial charge in [0.25, 0.3) is 0 Å². The first-order valence-electron chi connectivity index (χ1n) is 6.89. The molecule has 19 heavy (non-hydrogen) atoms. The predicted molar refractivity (Wildman–Crippen MR) is 75.8 cm³/mol. The quantitative estimate of drug-likeness (QED) is 0.867. The molecule has 4 heteroatoms. The van der Waals surface area contributed by atoms with Crippen molar-refractivity contribution in [2.75, 3.05) is 6.61 Å². The Balaban J connectivity index is 1.75. The molecule has 1 aliphatic carbocycles. The van der Waals surface area contributed by atoms with Crippen molar-refractivity contribution in [3.05, 3.63) is 34.6 Å². The fourth-order valence-electron chi connectivity index (χ4n) is 2.72. The largest absolute Gasteiger partial charge is 0.378 e. The lowest BCUT2D eigenvalue weighted by Crippen LogP contribution is -2.36. The van der Waals surface area contributed by atoms with Gasteiger partial charge in [0.15, 0.2) is 0 Å². The summed E-state index contributed by atoms with van der Waals surface area (Å²) in [6.07, 6.45) is 4.41. The van der Waals surface area contributed by atoms with Crippen LogP contribution in [0.2, 0.25) is 5.02 Å². The monoisotopic (exact) mass is 285 g/mol. The van der Waals surface area contributed by atoms with Gasteiger partial charge in [-0.3, -0.25) is 0 Å². The molecule has 0 saturated heterocycles. The van der Waals surface area contributed by atoms with E-state index in [1.54, 1.807) is 12.1 Å². The summed E-state index contributed by atoms with van der Waals surface area (Å²) in [7, 11) is 0. The maximum Gasteiger partial charge on any atom is 0.141 e. The lowest BCUT2D eigenvalue weighted by atomic mass is 9.77. The van der Waals surface area contributed by atoms with Gasteiger partial charge < -0.3 is 10.5 Å². The minimum absolute atomic E-state index is 0.106. The predicted octanol–water partition coefficient (Wildman–Crippen LogP) is 3.55. The third kappa shape index (κ3) is 4.16. The Bertz CT molecular complexity index is 421. The van der Waals surface area contributed by atoms with E-state index >= 15 is 0 Å². The van der Waals surface area contributed by atoms with Crippen LogP contribution in [-0.2, 0) is 11.2 Å². The van der Waals surface area contributed by atoms with Crippen molar-refractivity contribution in [3.63, 3.8) is 0 Å². The van der Waals surface area contributed by atoms with E-state index < -0.39 is 0 Å². The summed E-state index contributed by atoms with van der Waals surface area (Å²) in [5.41, 5.74) is 7.15. The number of ether oxygens (including phenoxy) is 1. The number of rotatable bonds is 6. The van der Waals surface area contributed by atoms with E-state index in [1.165, 1.54) is 6.07 Å². The highest BCUT2D eigenvalue weighted by molar-refractivity contribution is 6.30. The van der Waals surface area contributed by atoms with Crippen molar-refractivity contribution in [2.24, 2.45) is 11.7 Å². The van der Waals surface area contributed by atoms with E-state index in [9.17, 15) is 4.39 Å². The molecule has 0 aromatic heterocycles. The molecule has 106 valence electrons. The molecule has 1 aromatic carbocycles. The van der Waals surface area contributed by atoms with Gasteiger partial charge >= 0.3 is 0 Å². The van der Waals surface area contributed by atoms with Gasteiger partial charge in [0, 0.05) is 12.6 Å². The third-order valence-electron chi connectivity index (χ3n) is 3.71. The fraction of sp³-hybridized carbons (Fsp3) is 0.600. The van der Waals surface area contributed by atoms with Crippen LogP contribution < -0.4 is 5.73 Å². The first kappa shape index (κ1) is 14.8. The van der Waals surface area contributed by atoms with Gasteiger partial charge in [-0.1, -0.05) is 17.7 Å². The average molecular weight is 286 g/mol. The number of hydrogen-bond acceptors (Lipinski definition) is 2. The Kier molecular flexibility index (Phi) is 5.20. The molecule has 1 atom stereocenters. The molecule has 1 unspecified atom stereocenters. The Morgan fingerprint density at radius 1 is 1.47 bits per heavy atom. The van der Waals surface area contributed by atoms with Crippen molar-refractivity contribution in [3.8, 4) is 0 Å². The molecule has 0 heterocycles. The fourth-order valence-corrected chi connectivity index (χ4v) is 2.92. The van der Waals surface area contributed by atoms with Crippen LogP contribution in [0.1, 0.15) is 31.7 Å². The smallest absolute Gasteiger partial charge is 0.141 e. The van der Waals surface area contributed by atoms with Gasteiger partial charge in [-0.25, -0.2) is 4.39 Å². The van der Waals surface area contributed by atoms with E-state index in [1.807, 2.05) is 6.92 Å². The second-order valence-electron chi connectivity index (χ2n) is 5.36. The molecule has 0 amide bonds. The second kappa shape index (κ2) is 6.69. The molecule has 2 nitrogen and oxygen atoms in total. The summed E-state index contributed by atoms with van der Waals surface area (Å²) in [6.45, 7) is 2.81. The van der Waals surface area contributed by atoms with Gasteiger partial charge in [-0.05, 0) is 56.2 Å². The molecule has 0 bridgehead atoms. The van der Waals surface area contributed by atoms with Crippen LogP contribution in [0.25, 0.3) is 0 Å². The summed E-state index contributed by atoms with van der Waals surface area (Å²) in [4.78, 5) is 0. The molecule has 1 aromatic rings. The standard InChI is InChI=1S/C15H21ClFNO/c1-2-19-13-7-11(8-13)6-12(18)5-10-3-4-15(17)14(16)9-10/h3-4,9,11-13H,2,5-8,18H2,1H3. The SMILES string of the molecule is CCOC1CC(CC(N)Cc2ccc(F)c(Cl)c2)C1. The molecular formula is C15H21ClFNO. The van der Waals surface area contributed by atoms with Crippen molar-refractivity contribution in [1.82, 2.24) is 0 Å². The van der Waals surface area contributed by atoms with Crippen molar-refractivity contribution in [2.45, 2.75) is 44.8 Å². The van der Waals surface area contributed by atoms with E-state index in [4.69, 9.17) is 22.1 Å². The molecule has 0 radical (unpaired) electrons. The molecule has 0 spiro atoms. The lowest BCUT2D eigenvalue weighted by Gasteiger charge is -2.36. The lowest BCUT2D eigenvalue weighted by molar-refractivity contribution is -0.0280. The minimum Gasteiger partial charge on any atom is -0.378 e. The van der Waals surface area contributed by atoms with Crippen LogP contribution in [0.3, 0.4) is 0 Å². The molecule has 2 N–H and O–H groups in total. The average Bonchev–Trinajstić information content (AvgIpc) is 2.31. The Morgan fingerprint density at radius 3 is 2.84 bits per heavy atom. The highest BCUT2D eigenvalue weighted by Crippen LogP contribution is 2.33. The Hall–Kier alpha value is -0.640. The van der Waals surface area contributed by atoms with Crippen LogP contribution in [0.15, 0.2) is 18.2 Å². The van der Waals surface area contributed by atoms with Gasteiger partial charge in [0.1, 0.15) is 5.82 Å². The number of benzene rings is 1. The second-order valence-corrected chi connectivity index (χ2v) is 5.77. The first-order chi connectivity index (χ1) is 9.08. The molecule has 1 aliphatic rings. The zero-order chi connectivity index (χ0) is 13.8. The van der Waals surface area contributed by atoms with E-state index in [-0.39, 0.29) is 16.9 Å². The number of hydrogen-bond donors (Lipinski definition) is 1. The van der Waals surface area contributed by atoms with Crippen LogP contribution in [0, 0.1) is 11.7 Å². The van der Waals surface area contributed by atoms with E-state index in [0.29, 0.717) is 12.0 Å². The summed E-state index contributed by atoms with van der Waals surface area (Å²) in [6, 6.07) is 4.93.